The van der Waals surface area contributed by atoms with Crippen molar-refractivity contribution in [1.82, 2.24) is 10.4 Å². The molecular weight excluding hydrogens is 350 g/mol. The van der Waals surface area contributed by atoms with Crippen LogP contribution in [0.15, 0.2) is 46.2 Å². The van der Waals surface area contributed by atoms with Crippen LogP contribution >= 0.6 is 15.9 Å². The fourth-order valence-corrected chi connectivity index (χ4v) is 2.37. The SMILES string of the molecule is COc1cc(/C=N\NC(=O)c2ccncc2)cc(Br)c1OC. The van der Waals surface area contributed by atoms with E-state index in [9.17, 15) is 4.79 Å². The van der Waals surface area contributed by atoms with Gasteiger partial charge in [0.2, 0.25) is 0 Å². The van der Waals surface area contributed by atoms with E-state index in [2.05, 4.69) is 31.4 Å². The number of ether oxygens (including phenoxy) is 2. The molecule has 0 saturated carbocycles. The summed E-state index contributed by atoms with van der Waals surface area (Å²) < 4.78 is 11.2. The molecule has 2 rings (SSSR count). The number of amides is 1. The number of methoxy groups -OCH3 is 2. The highest BCUT2D eigenvalue weighted by molar-refractivity contribution is 9.10. The van der Waals surface area contributed by atoms with Crippen molar-refractivity contribution in [2.75, 3.05) is 14.2 Å². The van der Waals surface area contributed by atoms with Crippen LogP contribution in [-0.2, 0) is 0 Å². The Morgan fingerprint density at radius 3 is 2.64 bits per heavy atom. The highest BCUT2D eigenvalue weighted by Gasteiger charge is 2.09. The predicted octanol–water partition coefficient (Wildman–Crippen LogP) is 2.63. The molecule has 0 atom stereocenters. The highest BCUT2D eigenvalue weighted by Crippen LogP contribution is 2.35. The summed E-state index contributed by atoms with van der Waals surface area (Å²) in [6, 6.07) is 6.78. The molecule has 0 unspecified atom stereocenters. The Morgan fingerprint density at radius 1 is 1.27 bits per heavy atom. The molecule has 0 aliphatic carbocycles. The van der Waals surface area contributed by atoms with Crippen molar-refractivity contribution in [2.45, 2.75) is 0 Å². The number of carbonyl (C=O) groups excluding carboxylic acids is 1. The number of pyridine rings is 1. The third-order valence-corrected chi connectivity index (χ3v) is 3.37. The molecule has 0 spiro atoms. The minimum absolute atomic E-state index is 0.307. The zero-order valence-electron chi connectivity index (χ0n) is 12.0. The van der Waals surface area contributed by atoms with Crippen LogP contribution in [0.5, 0.6) is 11.5 Å². The number of nitrogens with one attached hydrogen (secondary N) is 1. The average molecular weight is 364 g/mol. The second kappa shape index (κ2) is 7.56. The van der Waals surface area contributed by atoms with Crippen LogP contribution in [0.25, 0.3) is 0 Å². The Balaban J connectivity index is 2.10. The maximum absolute atomic E-state index is 11.8. The molecule has 2 aromatic rings. The third-order valence-electron chi connectivity index (χ3n) is 2.78. The molecule has 1 N–H and O–H groups in total. The van der Waals surface area contributed by atoms with E-state index in [0.29, 0.717) is 17.1 Å². The van der Waals surface area contributed by atoms with Gasteiger partial charge in [0.1, 0.15) is 0 Å². The van der Waals surface area contributed by atoms with Gasteiger partial charge in [-0.15, -0.1) is 0 Å². The van der Waals surface area contributed by atoms with E-state index < -0.39 is 0 Å². The predicted molar refractivity (Wildman–Crippen MR) is 86.5 cm³/mol. The molecule has 0 aliphatic rings. The van der Waals surface area contributed by atoms with E-state index >= 15 is 0 Å². The van der Waals surface area contributed by atoms with Crippen LogP contribution in [-0.4, -0.2) is 31.3 Å². The summed E-state index contributed by atoms with van der Waals surface area (Å²) in [5, 5.41) is 3.93. The van der Waals surface area contributed by atoms with Gasteiger partial charge in [-0.25, -0.2) is 5.43 Å². The van der Waals surface area contributed by atoms with Crippen molar-refractivity contribution in [3.8, 4) is 11.5 Å². The van der Waals surface area contributed by atoms with Gasteiger partial charge in [0, 0.05) is 18.0 Å². The second-order valence-electron chi connectivity index (χ2n) is 4.17. The molecule has 7 heteroatoms. The quantitative estimate of drug-likeness (QED) is 0.654. The summed E-state index contributed by atoms with van der Waals surface area (Å²) in [5.41, 5.74) is 3.68. The average Bonchev–Trinajstić information content (AvgIpc) is 2.55. The molecular formula is C15H14BrN3O3. The lowest BCUT2D eigenvalue weighted by Gasteiger charge is -2.10. The monoisotopic (exact) mass is 363 g/mol. The van der Waals surface area contributed by atoms with Gasteiger partial charge in [-0.1, -0.05) is 0 Å². The van der Waals surface area contributed by atoms with E-state index in [4.69, 9.17) is 9.47 Å². The van der Waals surface area contributed by atoms with E-state index in [1.54, 1.807) is 44.8 Å². The molecule has 114 valence electrons. The molecule has 0 saturated heterocycles. The number of nitrogens with zero attached hydrogens (tertiary/aromatic N) is 2. The van der Waals surface area contributed by atoms with E-state index in [0.717, 1.165) is 10.0 Å². The number of carbonyl (C=O) groups is 1. The van der Waals surface area contributed by atoms with Gasteiger partial charge in [-0.05, 0) is 45.8 Å². The molecule has 1 amide bonds. The molecule has 22 heavy (non-hydrogen) atoms. The van der Waals surface area contributed by atoms with Crippen LogP contribution in [0.2, 0.25) is 0 Å². The standard InChI is InChI=1S/C15H14BrN3O3/c1-21-13-8-10(7-12(16)14(13)22-2)9-18-19-15(20)11-3-5-17-6-4-11/h3-9H,1-2H3,(H,19,20)/b18-9-. The molecule has 0 fully saturated rings. The summed E-state index contributed by atoms with van der Waals surface area (Å²) in [6.45, 7) is 0. The van der Waals surface area contributed by atoms with Crippen LogP contribution in [0.1, 0.15) is 15.9 Å². The number of aromatic nitrogens is 1. The Morgan fingerprint density at radius 2 is 2.00 bits per heavy atom. The lowest BCUT2D eigenvalue weighted by atomic mass is 10.2. The Kier molecular flexibility index (Phi) is 5.48. The molecule has 0 aliphatic heterocycles. The number of hydrogen-bond acceptors (Lipinski definition) is 5. The van der Waals surface area contributed by atoms with Gasteiger partial charge in [0.25, 0.3) is 5.91 Å². The van der Waals surface area contributed by atoms with Crippen LogP contribution in [0.3, 0.4) is 0 Å². The maximum Gasteiger partial charge on any atom is 0.271 e. The summed E-state index contributed by atoms with van der Waals surface area (Å²) in [4.78, 5) is 15.7. The van der Waals surface area contributed by atoms with Crippen LogP contribution in [0, 0.1) is 0 Å². The maximum atomic E-state index is 11.8. The van der Waals surface area contributed by atoms with Gasteiger partial charge in [-0.2, -0.15) is 5.10 Å². The fraction of sp³-hybridized carbons (Fsp3) is 0.133. The van der Waals surface area contributed by atoms with E-state index in [1.807, 2.05) is 6.07 Å². The van der Waals surface area contributed by atoms with Gasteiger partial charge in [0.15, 0.2) is 11.5 Å². The van der Waals surface area contributed by atoms with Crippen molar-refractivity contribution in [3.05, 3.63) is 52.3 Å². The Labute approximate surface area is 136 Å². The summed E-state index contributed by atoms with van der Waals surface area (Å²) in [5.74, 6) is 0.859. The van der Waals surface area contributed by atoms with Crippen molar-refractivity contribution >= 4 is 28.1 Å². The number of hydrazone groups is 1. The summed E-state index contributed by atoms with van der Waals surface area (Å²) >= 11 is 3.40. The molecule has 1 aromatic carbocycles. The number of halogens is 1. The zero-order chi connectivity index (χ0) is 15.9. The van der Waals surface area contributed by atoms with Gasteiger partial charge in [-0.3, -0.25) is 9.78 Å². The van der Waals surface area contributed by atoms with Gasteiger partial charge in [0.05, 0.1) is 24.9 Å². The molecule has 0 bridgehead atoms. The Bertz CT molecular complexity index is 690. The van der Waals surface area contributed by atoms with Crippen molar-refractivity contribution < 1.29 is 14.3 Å². The zero-order valence-corrected chi connectivity index (χ0v) is 13.6. The first-order valence-corrected chi connectivity index (χ1v) is 7.10. The highest BCUT2D eigenvalue weighted by atomic mass is 79.9. The van der Waals surface area contributed by atoms with Crippen molar-refractivity contribution in [3.63, 3.8) is 0 Å². The molecule has 6 nitrogen and oxygen atoms in total. The largest absolute Gasteiger partial charge is 0.493 e. The van der Waals surface area contributed by atoms with E-state index in [1.165, 1.54) is 6.21 Å². The Hall–Kier alpha value is -2.41. The minimum Gasteiger partial charge on any atom is -0.493 e. The number of rotatable bonds is 5. The first kappa shape index (κ1) is 16.0. The normalized spacial score (nSPS) is 10.5. The lowest BCUT2D eigenvalue weighted by Crippen LogP contribution is -2.17. The smallest absolute Gasteiger partial charge is 0.271 e. The first-order valence-electron chi connectivity index (χ1n) is 6.30. The summed E-state index contributed by atoms with van der Waals surface area (Å²) in [7, 11) is 3.11. The van der Waals surface area contributed by atoms with Crippen molar-refractivity contribution in [2.24, 2.45) is 5.10 Å². The number of benzene rings is 1. The molecule has 1 aromatic heterocycles. The molecule has 1 heterocycles. The minimum atomic E-state index is -0.307. The lowest BCUT2D eigenvalue weighted by molar-refractivity contribution is 0.0955. The van der Waals surface area contributed by atoms with Gasteiger partial charge < -0.3 is 9.47 Å². The van der Waals surface area contributed by atoms with Crippen LogP contribution in [0.4, 0.5) is 0 Å². The second-order valence-corrected chi connectivity index (χ2v) is 5.03. The van der Waals surface area contributed by atoms with Gasteiger partial charge >= 0.3 is 0 Å². The van der Waals surface area contributed by atoms with E-state index in [-0.39, 0.29) is 5.91 Å². The fourth-order valence-electron chi connectivity index (χ4n) is 1.75. The van der Waals surface area contributed by atoms with Crippen LogP contribution < -0.4 is 14.9 Å². The first-order chi connectivity index (χ1) is 10.7. The number of hydrogen-bond donors (Lipinski definition) is 1. The van der Waals surface area contributed by atoms with Crippen molar-refractivity contribution in [1.29, 1.82) is 0 Å². The summed E-state index contributed by atoms with van der Waals surface area (Å²) in [6.07, 6.45) is 4.61. The molecule has 0 radical (unpaired) electrons. The topological polar surface area (TPSA) is 72.8 Å². The third kappa shape index (κ3) is 3.82.